The number of halogens is 2. The average molecular weight is 491 g/mol. The molecule has 11 heteroatoms. The van der Waals surface area contributed by atoms with E-state index in [9.17, 15) is 23.5 Å². The first-order valence-electron chi connectivity index (χ1n) is 10.9. The Kier molecular flexibility index (Phi) is 8.98. The summed E-state index contributed by atoms with van der Waals surface area (Å²) in [5.41, 5.74) is 6.29. The predicted molar refractivity (Wildman–Crippen MR) is 128 cm³/mol. The van der Waals surface area contributed by atoms with Gasteiger partial charge in [-0.1, -0.05) is 42.5 Å². The third kappa shape index (κ3) is 6.90. The van der Waals surface area contributed by atoms with Gasteiger partial charge in [0.2, 0.25) is 0 Å². The number of H-pyrrole nitrogens is 1. The highest BCUT2D eigenvalue weighted by Gasteiger charge is 2.22. The summed E-state index contributed by atoms with van der Waals surface area (Å²) in [6.07, 6.45) is -0.576. The molecule has 9 nitrogen and oxygen atoms in total. The quantitative estimate of drug-likeness (QED) is 0.333. The van der Waals surface area contributed by atoms with E-state index in [1.807, 2.05) is 30.3 Å². The van der Waals surface area contributed by atoms with Gasteiger partial charge in [0.15, 0.2) is 0 Å². The van der Waals surface area contributed by atoms with Crippen LogP contribution in [0.15, 0.2) is 64.2 Å². The molecular formula is C24H28F2N4O5. The Morgan fingerprint density at radius 3 is 2.43 bits per heavy atom. The topological polar surface area (TPSA) is 123 Å². The highest BCUT2D eigenvalue weighted by Crippen LogP contribution is 2.24. The van der Waals surface area contributed by atoms with Gasteiger partial charge in [0.25, 0.3) is 5.56 Å². The van der Waals surface area contributed by atoms with E-state index in [-0.39, 0.29) is 30.3 Å². The molecule has 0 aliphatic heterocycles. The van der Waals surface area contributed by atoms with Crippen molar-refractivity contribution >= 4 is 11.5 Å². The number of anilines is 2. The minimum absolute atomic E-state index is 0.0344. The van der Waals surface area contributed by atoms with Crippen LogP contribution in [0.3, 0.4) is 0 Å². The van der Waals surface area contributed by atoms with Crippen molar-refractivity contribution in [3.63, 3.8) is 0 Å². The van der Waals surface area contributed by atoms with Crippen molar-refractivity contribution in [1.29, 1.82) is 0 Å². The van der Waals surface area contributed by atoms with Crippen LogP contribution in [0.4, 0.5) is 20.3 Å². The maximum absolute atomic E-state index is 12.8. The van der Waals surface area contributed by atoms with E-state index in [1.54, 1.807) is 12.0 Å². The molecule has 1 atom stereocenters. The number of aromatic nitrogens is 2. The Labute approximate surface area is 200 Å². The van der Waals surface area contributed by atoms with Crippen LogP contribution in [0.1, 0.15) is 23.7 Å². The summed E-state index contributed by atoms with van der Waals surface area (Å²) in [6, 6.07) is 14.7. The van der Waals surface area contributed by atoms with Gasteiger partial charge in [0.1, 0.15) is 17.3 Å². The van der Waals surface area contributed by atoms with Gasteiger partial charge in [-0.25, -0.2) is 4.79 Å². The molecule has 0 radical (unpaired) electrons. The highest BCUT2D eigenvalue weighted by molar-refractivity contribution is 5.62. The van der Waals surface area contributed by atoms with Crippen molar-refractivity contribution in [3.8, 4) is 5.75 Å². The number of aliphatic hydroxyl groups excluding tert-OH is 1. The second kappa shape index (κ2) is 12.1. The lowest BCUT2D eigenvalue weighted by molar-refractivity contribution is -0.0498. The summed E-state index contributed by atoms with van der Waals surface area (Å²) < 4.78 is 35.5. The van der Waals surface area contributed by atoms with Gasteiger partial charge >= 0.3 is 12.3 Å². The zero-order valence-corrected chi connectivity index (χ0v) is 19.2. The molecule has 1 unspecified atom stereocenters. The van der Waals surface area contributed by atoms with Gasteiger partial charge in [-0.05, 0) is 29.7 Å². The number of methoxy groups -OCH3 is 1. The number of alkyl halides is 2. The molecule has 0 aliphatic carbocycles. The molecule has 0 aliphatic rings. The summed E-state index contributed by atoms with van der Waals surface area (Å²) in [4.78, 5) is 29.2. The summed E-state index contributed by atoms with van der Waals surface area (Å²) in [7, 11) is 1.55. The Bertz CT molecular complexity index is 1200. The average Bonchev–Trinajstić information content (AvgIpc) is 2.82. The maximum Gasteiger partial charge on any atom is 0.387 e. The molecule has 0 amide bonds. The molecule has 3 aromatic rings. The number of nitrogens with two attached hydrogens (primary N) is 1. The van der Waals surface area contributed by atoms with E-state index in [2.05, 4.69) is 9.72 Å². The summed E-state index contributed by atoms with van der Waals surface area (Å²) in [5, 5.41) is 10.8. The third-order valence-corrected chi connectivity index (χ3v) is 5.37. The molecule has 35 heavy (non-hydrogen) atoms. The van der Waals surface area contributed by atoms with E-state index in [0.29, 0.717) is 25.1 Å². The summed E-state index contributed by atoms with van der Waals surface area (Å²) >= 11 is 0. The molecule has 1 aromatic heterocycles. The second-order valence-corrected chi connectivity index (χ2v) is 7.82. The van der Waals surface area contributed by atoms with Crippen LogP contribution in [0.25, 0.3) is 0 Å². The van der Waals surface area contributed by atoms with Crippen molar-refractivity contribution in [2.75, 3.05) is 37.4 Å². The lowest BCUT2D eigenvalue weighted by Gasteiger charge is -2.28. The van der Waals surface area contributed by atoms with Crippen molar-refractivity contribution in [2.45, 2.75) is 25.7 Å². The molecule has 0 bridgehead atoms. The summed E-state index contributed by atoms with van der Waals surface area (Å²) in [6.45, 7) is -2.16. The highest BCUT2D eigenvalue weighted by atomic mass is 19.3. The number of aromatic amines is 1. The number of hydrogen-bond donors (Lipinski definition) is 3. The predicted octanol–water partition coefficient (Wildman–Crippen LogP) is 2.34. The van der Waals surface area contributed by atoms with Crippen LogP contribution in [-0.2, 0) is 11.3 Å². The first-order valence-corrected chi connectivity index (χ1v) is 10.9. The van der Waals surface area contributed by atoms with Gasteiger partial charge in [0.05, 0.1) is 12.6 Å². The van der Waals surface area contributed by atoms with Gasteiger partial charge < -0.3 is 25.2 Å². The lowest BCUT2D eigenvalue weighted by Crippen LogP contribution is -2.40. The number of nitrogens with zero attached hydrogens (tertiary/aromatic N) is 2. The van der Waals surface area contributed by atoms with E-state index in [0.717, 1.165) is 5.56 Å². The first kappa shape index (κ1) is 25.9. The van der Waals surface area contributed by atoms with Gasteiger partial charge in [-0.2, -0.15) is 8.78 Å². The smallest absolute Gasteiger partial charge is 0.387 e. The number of benzene rings is 2. The number of nitrogen functional groups attached to an aromatic ring is 1. The molecule has 1 heterocycles. The first-order chi connectivity index (χ1) is 16.8. The Hall–Kier alpha value is -3.70. The number of rotatable bonds is 12. The van der Waals surface area contributed by atoms with E-state index < -0.39 is 24.0 Å². The molecule has 0 saturated carbocycles. The minimum Gasteiger partial charge on any atom is -0.435 e. The number of ether oxygens (including phenoxy) is 2. The van der Waals surface area contributed by atoms with Crippen molar-refractivity contribution < 1.29 is 23.4 Å². The van der Waals surface area contributed by atoms with E-state index in [1.165, 1.54) is 28.8 Å². The minimum atomic E-state index is -2.96. The SMILES string of the molecule is COCCCN(CC(O)c1ccc(OC(F)F)cc1)c1c(N)n(Cc2ccccc2)c(=O)[nH]c1=O. The van der Waals surface area contributed by atoms with Gasteiger partial charge in [0, 0.05) is 26.8 Å². The van der Waals surface area contributed by atoms with Crippen molar-refractivity contribution in [3.05, 3.63) is 86.6 Å². The van der Waals surface area contributed by atoms with Crippen LogP contribution in [0.2, 0.25) is 0 Å². The zero-order chi connectivity index (χ0) is 25.4. The molecular weight excluding hydrogens is 462 g/mol. The Morgan fingerprint density at radius 1 is 1.11 bits per heavy atom. The second-order valence-electron chi connectivity index (χ2n) is 7.82. The fraction of sp³-hybridized carbons (Fsp3) is 0.333. The Balaban J connectivity index is 1.92. The molecule has 2 aromatic carbocycles. The molecule has 0 fully saturated rings. The lowest BCUT2D eigenvalue weighted by atomic mass is 10.1. The maximum atomic E-state index is 12.8. The monoisotopic (exact) mass is 490 g/mol. The van der Waals surface area contributed by atoms with E-state index >= 15 is 0 Å². The van der Waals surface area contributed by atoms with Crippen molar-refractivity contribution in [1.82, 2.24) is 9.55 Å². The molecule has 188 valence electrons. The molecule has 0 saturated heterocycles. The number of nitrogens with one attached hydrogen (secondary N) is 1. The fourth-order valence-corrected chi connectivity index (χ4v) is 3.69. The van der Waals surface area contributed by atoms with Crippen LogP contribution < -0.4 is 26.6 Å². The molecule has 0 spiro atoms. The Morgan fingerprint density at radius 2 is 1.80 bits per heavy atom. The van der Waals surface area contributed by atoms with Crippen LogP contribution in [0, 0.1) is 0 Å². The number of aliphatic hydroxyl groups is 1. The van der Waals surface area contributed by atoms with Gasteiger partial charge in [-0.15, -0.1) is 0 Å². The molecule has 3 rings (SSSR count). The van der Waals surface area contributed by atoms with Gasteiger partial charge in [-0.3, -0.25) is 14.3 Å². The van der Waals surface area contributed by atoms with Crippen molar-refractivity contribution in [2.24, 2.45) is 0 Å². The third-order valence-electron chi connectivity index (χ3n) is 5.37. The zero-order valence-electron chi connectivity index (χ0n) is 19.2. The largest absolute Gasteiger partial charge is 0.435 e. The number of hydrogen-bond acceptors (Lipinski definition) is 7. The summed E-state index contributed by atoms with van der Waals surface area (Å²) in [5.74, 6) is -0.0746. The standard InChI is InChI=1S/C24H28F2N4O5/c1-34-13-5-12-29(15-19(31)17-8-10-18(11-9-17)35-23(25)26)20-21(27)30(24(33)28-22(20)32)14-16-6-3-2-4-7-16/h2-4,6-11,19,23,31H,5,12-15,27H2,1H3,(H,28,32,33). The van der Waals surface area contributed by atoms with Crippen LogP contribution in [-0.4, -0.2) is 48.1 Å². The van der Waals surface area contributed by atoms with E-state index in [4.69, 9.17) is 10.5 Å². The van der Waals surface area contributed by atoms with Crippen LogP contribution in [0.5, 0.6) is 5.75 Å². The normalized spacial score (nSPS) is 12.0. The fourth-order valence-electron chi connectivity index (χ4n) is 3.69. The molecule has 4 N–H and O–H groups in total. The van der Waals surface area contributed by atoms with Crippen LogP contribution >= 0.6 is 0 Å².